The molecule has 78 heavy (non-hydrogen) atoms. The van der Waals surface area contributed by atoms with Gasteiger partial charge in [0.25, 0.3) is 0 Å². The van der Waals surface area contributed by atoms with Crippen LogP contribution >= 0.6 is 0 Å². The Bertz CT molecular complexity index is 3020. The number of carbonyl (C=O) groups excluding carboxylic acids is 2. The molecular formula is C61H79FN10O6. The highest BCUT2D eigenvalue weighted by Gasteiger charge is 2.28. The Balaban J connectivity index is 0.000000175. The van der Waals surface area contributed by atoms with Crippen molar-refractivity contribution in [3.05, 3.63) is 106 Å². The second-order valence-electron chi connectivity index (χ2n) is 21.4. The molecule has 0 aliphatic carbocycles. The summed E-state index contributed by atoms with van der Waals surface area (Å²) >= 11 is 0. The molecule has 0 spiro atoms. The number of nitrogens with zero attached hydrogens (tertiary/aromatic N) is 7. The molecule has 16 nitrogen and oxygen atoms in total. The summed E-state index contributed by atoms with van der Waals surface area (Å²) < 4.78 is 21.4. The minimum absolute atomic E-state index is 0.0114. The predicted molar refractivity (Wildman–Crippen MR) is 307 cm³/mol. The number of anilines is 1. The number of carbonyl (C=O) groups is 2. The van der Waals surface area contributed by atoms with E-state index in [-0.39, 0.29) is 52.5 Å². The summed E-state index contributed by atoms with van der Waals surface area (Å²) in [6.45, 7) is 21.5. The van der Waals surface area contributed by atoms with Crippen molar-refractivity contribution >= 4 is 40.3 Å². The number of aromatic hydroxyl groups is 3. The fraction of sp³-hybridized carbons (Fsp3) is 0.459. The maximum atomic E-state index is 16.1. The lowest BCUT2D eigenvalue weighted by Crippen LogP contribution is -2.54. The molecule has 2 aromatic heterocycles. The number of halogens is 1. The van der Waals surface area contributed by atoms with Crippen LogP contribution in [0.15, 0.2) is 66.9 Å². The first kappa shape index (κ1) is 58.6. The summed E-state index contributed by atoms with van der Waals surface area (Å²) in [5.74, 6) is 3.99. The van der Waals surface area contributed by atoms with Gasteiger partial charge in [0, 0.05) is 86.7 Å². The summed E-state index contributed by atoms with van der Waals surface area (Å²) in [4.78, 5) is 43.3. The van der Waals surface area contributed by atoms with E-state index in [1.54, 1.807) is 24.4 Å². The molecule has 2 unspecified atom stereocenters. The molecule has 4 aromatic carbocycles. The van der Waals surface area contributed by atoms with Crippen LogP contribution in [0.4, 0.5) is 10.2 Å². The molecule has 10 rings (SSSR count). The van der Waals surface area contributed by atoms with Crippen LogP contribution < -0.4 is 25.6 Å². The number of rotatable bonds is 14. The number of pyridine rings is 1. The van der Waals surface area contributed by atoms with Gasteiger partial charge in [0.2, 0.25) is 12.8 Å². The number of amides is 2. The number of fused-ring (bicyclic) bond motifs is 3. The van der Waals surface area contributed by atoms with Crippen LogP contribution in [0.3, 0.4) is 0 Å². The molecule has 2 amide bonds. The summed E-state index contributed by atoms with van der Waals surface area (Å²) in [6, 6.07) is 18.9. The van der Waals surface area contributed by atoms with Gasteiger partial charge in [0.05, 0.1) is 12.5 Å². The average molecular weight is 1070 g/mol. The standard InChI is InChI=1S/C26H24FN5O2.C20H30N4O2.C10H14O2.C5H11N/c1-5-16-7-6-8-17-9-18(33)10-19(21(16)17)23-22(27)24-20(11-28-23)25(31-26(30-24)34-4)32-12-14(2)29-15(3)13-32;25-15-22-8-7-21-6-3-17-4-9-23(10-5-17)12-18-1-2-19-13-24(16-26)14-20(19)11-18;1-6(2)8-4-7(3)9(11)5-10(8)12;1-6-4-2-3-5-6/h1,6-11,14-15,29,33H,12-13H2,2-4H3;1-2,11,15-17,21H,3-10,12-14H2,(H,22,25);4-6,11-12H,1-3H3;2-5H2,1H3. The normalized spacial score (nSPS) is 17.5. The third-order valence-corrected chi connectivity index (χ3v) is 14.9. The van der Waals surface area contributed by atoms with E-state index in [4.69, 9.17) is 11.2 Å². The number of terminal acetylenes is 1. The molecule has 0 bridgehead atoms. The largest absolute Gasteiger partial charge is 0.508 e. The highest BCUT2D eigenvalue weighted by atomic mass is 19.1. The SMILES string of the molecule is C#Cc1cccc2cc(O)cc(-c3ncc4c(N5CC(C)NC(C)C5)nc(OC)nc4c3F)c12.CN1CCCC1.Cc1cc(C(C)C)c(O)cc1O.O=CNCCNCCC1CCN(Cc2ccc3c(c2)CN(C=O)C3)CC1. The molecule has 4 aliphatic heterocycles. The molecule has 416 valence electrons. The lowest BCUT2D eigenvalue weighted by atomic mass is 9.93. The fourth-order valence-electron chi connectivity index (χ4n) is 10.8. The van der Waals surface area contributed by atoms with Gasteiger partial charge in [0.15, 0.2) is 5.82 Å². The molecule has 6 aromatic rings. The molecule has 0 saturated carbocycles. The van der Waals surface area contributed by atoms with E-state index in [9.17, 15) is 24.9 Å². The number of benzene rings is 4. The third kappa shape index (κ3) is 15.3. The Morgan fingerprint density at radius 3 is 2.29 bits per heavy atom. The van der Waals surface area contributed by atoms with E-state index in [0.717, 1.165) is 75.7 Å². The van der Waals surface area contributed by atoms with Crippen molar-refractivity contribution in [3.8, 4) is 46.9 Å². The molecular weight excluding hydrogens is 988 g/mol. The van der Waals surface area contributed by atoms with Crippen molar-refractivity contribution in [2.24, 2.45) is 5.92 Å². The molecule has 6 N–H and O–H groups in total. The molecule has 3 saturated heterocycles. The summed E-state index contributed by atoms with van der Waals surface area (Å²) in [5.41, 5.74) is 6.76. The predicted octanol–water partition coefficient (Wildman–Crippen LogP) is 8.20. The van der Waals surface area contributed by atoms with Gasteiger partial charge in [-0.25, -0.2) is 4.39 Å². The van der Waals surface area contributed by atoms with Gasteiger partial charge in [-0.1, -0.05) is 50.1 Å². The highest BCUT2D eigenvalue weighted by Crippen LogP contribution is 2.39. The number of hydrogen-bond donors (Lipinski definition) is 6. The average Bonchev–Trinajstić information content (AvgIpc) is 4.13. The lowest BCUT2D eigenvalue weighted by molar-refractivity contribution is -0.118. The zero-order valence-electron chi connectivity index (χ0n) is 46.5. The van der Waals surface area contributed by atoms with Gasteiger partial charge in [-0.05, 0) is 162 Å². The lowest BCUT2D eigenvalue weighted by Gasteiger charge is -2.37. The quantitative estimate of drug-likeness (QED) is 0.0348. The fourth-order valence-corrected chi connectivity index (χ4v) is 10.8. The van der Waals surface area contributed by atoms with Gasteiger partial charge in [-0.3, -0.25) is 19.5 Å². The Morgan fingerprint density at radius 2 is 1.64 bits per heavy atom. The number of phenolic OH excluding ortho intramolecular Hbond substituents is 3. The summed E-state index contributed by atoms with van der Waals surface area (Å²) in [6.07, 6.45) is 15.6. The van der Waals surface area contributed by atoms with Crippen LogP contribution in [0.5, 0.6) is 23.3 Å². The molecule has 2 atom stereocenters. The van der Waals surface area contributed by atoms with E-state index in [1.807, 2.05) is 37.8 Å². The van der Waals surface area contributed by atoms with Crippen molar-refractivity contribution in [2.45, 2.75) is 104 Å². The van der Waals surface area contributed by atoms with Crippen LogP contribution in [0, 0.1) is 31.0 Å². The van der Waals surface area contributed by atoms with Crippen LogP contribution in [-0.4, -0.2) is 143 Å². The number of aromatic nitrogens is 3. The second kappa shape index (κ2) is 28.0. The van der Waals surface area contributed by atoms with Crippen molar-refractivity contribution in [1.29, 1.82) is 0 Å². The smallest absolute Gasteiger partial charge is 0.318 e. The first-order valence-corrected chi connectivity index (χ1v) is 27.3. The third-order valence-electron chi connectivity index (χ3n) is 14.9. The molecule has 6 heterocycles. The monoisotopic (exact) mass is 1070 g/mol. The van der Waals surface area contributed by atoms with Gasteiger partial charge < -0.3 is 50.7 Å². The molecule has 0 radical (unpaired) electrons. The highest BCUT2D eigenvalue weighted by molar-refractivity contribution is 6.02. The van der Waals surface area contributed by atoms with Crippen LogP contribution in [0.1, 0.15) is 99.1 Å². The van der Waals surface area contributed by atoms with Gasteiger partial charge >= 0.3 is 6.01 Å². The zero-order chi connectivity index (χ0) is 55.9. The Kier molecular flexibility index (Phi) is 21.0. The number of methoxy groups -OCH3 is 1. The summed E-state index contributed by atoms with van der Waals surface area (Å²) in [7, 11) is 3.63. The van der Waals surface area contributed by atoms with Gasteiger partial charge in [0.1, 0.15) is 34.3 Å². The van der Waals surface area contributed by atoms with E-state index in [1.165, 1.54) is 81.1 Å². The topological polar surface area (TPSA) is 192 Å². The number of likely N-dealkylation sites (tertiary alicyclic amines) is 2. The number of aryl methyl sites for hydroxylation is 1. The first-order chi connectivity index (χ1) is 37.6. The summed E-state index contributed by atoms with van der Waals surface area (Å²) in [5, 5.41) is 40.4. The number of piperazine rings is 1. The zero-order valence-corrected chi connectivity index (χ0v) is 46.5. The van der Waals surface area contributed by atoms with E-state index < -0.39 is 5.82 Å². The maximum Gasteiger partial charge on any atom is 0.318 e. The molecule has 3 fully saturated rings. The van der Waals surface area contributed by atoms with Crippen LogP contribution in [0.2, 0.25) is 0 Å². The van der Waals surface area contributed by atoms with Crippen molar-refractivity contribution < 1.29 is 34.0 Å². The second-order valence-corrected chi connectivity index (χ2v) is 21.4. The van der Waals surface area contributed by atoms with E-state index in [0.29, 0.717) is 52.7 Å². The Morgan fingerprint density at radius 1 is 0.910 bits per heavy atom. The van der Waals surface area contributed by atoms with Crippen LogP contribution in [0.25, 0.3) is 32.9 Å². The Labute approximate surface area is 459 Å². The van der Waals surface area contributed by atoms with E-state index in [2.05, 4.69) is 90.6 Å². The maximum absolute atomic E-state index is 16.1. The van der Waals surface area contributed by atoms with Gasteiger partial charge in [-0.2, -0.15) is 9.97 Å². The number of piperidine rings is 1. The number of nitrogens with one attached hydrogen (secondary N) is 3. The number of ether oxygens (including phenoxy) is 1. The van der Waals surface area contributed by atoms with E-state index >= 15 is 4.39 Å². The molecule has 17 heteroatoms. The minimum atomic E-state index is -0.630. The number of phenols is 3. The van der Waals surface area contributed by atoms with Crippen LogP contribution in [-0.2, 0) is 29.2 Å². The minimum Gasteiger partial charge on any atom is -0.508 e. The van der Waals surface area contributed by atoms with Crippen molar-refractivity contribution in [3.63, 3.8) is 0 Å². The molecule has 4 aliphatic rings. The van der Waals surface area contributed by atoms with Gasteiger partial charge in [-0.15, -0.1) is 6.42 Å². The first-order valence-electron chi connectivity index (χ1n) is 27.3. The Hall–Kier alpha value is -7.10. The van der Waals surface area contributed by atoms with Crippen molar-refractivity contribution in [1.82, 2.24) is 45.6 Å². The van der Waals surface area contributed by atoms with Crippen molar-refractivity contribution in [2.75, 3.05) is 78.0 Å². The number of hydrogen-bond acceptors (Lipinski definition) is 14.